The summed E-state index contributed by atoms with van der Waals surface area (Å²) in [5, 5.41) is 1.25. The maximum Gasteiger partial charge on any atom is 0.130 e. The SMILES string of the molecule is CC(=O)C[C@@H](C)c1cc2ccccc2n1C. The largest absolute Gasteiger partial charge is 0.347 e. The number of rotatable bonds is 3. The third-order valence-electron chi connectivity index (χ3n) is 3.09. The van der Waals surface area contributed by atoms with Crippen molar-refractivity contribution in [3.8, 4) is 0 Å². The predicted octanol–water partition coefficient (Wildman–Crippen LogP) is 3.26. The van der Waals surface area contributed by atoms with Gasteiger partial charge in [0.25, 0.3) is 0 Å². The number of carbonyl (C=O) groups excluding carboxylic acids is 1. The number of aryl methyl sites for hydroxylation is 1. The fourth-order valence-corrected chi connectivity index (χ4v) is 2.32. The zero-order valence-corrected chi connectivity index (χ0v) is 10.0. The Hall–Kier alpha value is -1.57. The minimum absolute atomic E-state index is 0.248. The Bertz CT molecular complexity index is 525. The molecule has 2 heteroatoms. The number of carbonyl (C=O) groups is 1. The van der Waals surface area contributed by atoms with Gasteiger partial charge >= 0.3 is 0 Å². The molecule has 2 aromatic rings. The summed E-state index contributed by atoms with van der Waals surface area (Å²) in [5.41, 5.74) is 2.46. The minimum Gasteiger partial charge on any atom is -0.347 e. The molecule has 0 fully saturated rings. The number of nitrogens with zero attached hydrogens (tertiary/aromatic N) is 1. The van der Waals surface area contributed by atoms with Crippen LogP contribution in [0.15, 0.2) is 30.3 Å². The van der Waals surface area contributed by atoms with E-state index in [9.17, 15) is 4.79 Å². The fraction of sp³-hybridized carbons (Fsp3) is 0.357. The van der Waals surface area contributed by atoms with E-state index in [1.54, 1.807) is 6.92 Å². The van der Waals surface area contributed by atoms with Gasteiger partial charge in [-0.3, -0.25) is 0 Å². The summed E-state index contributed by atoms with van der Waals surface area (Å²) in [5.74, 6) is 0.535. The first kappa shape index (κ1) is 10.9. The average molecular weight is 215 g/mol. The zero-order valence-electron chi connectivity index (χ0n) is 10.0. The molecule has 1 heterocycles. The molecule has 0 saturated carbocycles. The summed E-state index contributed by atoms with van der Waals surface area (Å²) in [4.78, 5) is 11.1. The van der Waals surface area contributed by atoms with Crippen LogP contribution in [0.3, 0.4) is 0 Å². The molecule has 1 aromatic heterocycles. The van der Waals surface area contributed by atoms with E-state index in [4.69, 9.17) is 0 Å². The van der Waals surface area contributed by atoms with Crippen molar-refractivity contribution in [3.63, 3.8) is 0 Å². The Morgan fingerprint density at radius 1 is 1.38 bits per heavy atom. The molecule has 2 nitrogen and oxygen atoms in total. The smallest absolute Gasteiger partial charge is 0.130 e. The number of ketones is 1. The van der Waals surface area contributed by atoms with E-state index >= 15 is 0 Å². The van der Waals surface area contributed by atoms with Gasteiger partial charge in [-0.05, 0) is 24.4 Å². The van der Waals surface area contributed by atoms with E-state index < -0.39 is 0 Å². The second-order valence-electron chi connectivity index (χ2n) is 4.49. The number of aromatic nitrogens is 1. The van der Waals surface area contributed by atoms with Crippen molar-refractivity contribution in [1.29, 1.82) is 0 Å². The van der Waals surface area contributed by atoms with Gasteiger partial charge in [-0.15, -0.1) is 0 Å². The molecule has 0 spiro atoms. The molecule has 0 aliphatic rings. The van der Waals surface area contributed by atoms with Gasteiger partial charge in [-0.25, -0.2) is 0 Å². The minimum atomic E-state index is 0.248. The Morgan fingerprint density at radius 3 is 2.69 bits per heavy atom. The average Bonchev–Trinajstić information content (AvgIpc) is 2.56. The lowest BCUT2D eigenvalue weighted by atomic mass is 10.0. The van der Waals surface area contributed by atoms with Gasteiger partial charge in [0.15, 0.2) is 0 Å². The Labute approximate surface area is 95.9 Å². The maximum absolute atomic E-state index is 11.1. The van der Waals surface area contributed by atoms with Gasteiger partial charge in [0, 0.05) is 30.6 Å². The monoisotopic (exact) mass is 215 g/mol. The van der Waals surface area contributed by atoms with Crippen LogP contribution in [0.5, 0.6) is 0 Å². The molecule has 84 valence electrons. The van der Waals surface area contributed by atoms with Crippen molar-refractivity contribution in [3.05, 3.63) is 36.0 Å². The molecule has 2 rings (SSSR count). The Kier molecular flexibility index (Phi) is 2.82. The molecule has 0 bridgehead atoms. The van der Waals surface area contributed by atoms with Crippen LogP contribution in [-0.4, -0.2) is 10.4 Å². The van der Waals surface area contributed by atoms with E-state index in [-0.39, 0.29) is 11.7 Å². The van der Waals surface area contributed by atoms with Crippen LogP contribution in [0.25, 0.3) is 10.9 Å². The number of benzene rings is 1. The van der Waals surface area contributed by atoms with E-state index in [2.05, 4.69) is 36.7 Å². The van der Waals surface area contributed by atoms with Crippen LogP contribution in [0.1, 0.15) is 31.9 Å². The van der Waals surface area contributed by atoms with Crippen molar-refractivity contribution in [2.45, 2.75) is 26.2 Å². The molecule has 0 amide bonds. The summed E-state index contributed by atoms with van der Waals surface area (Å²) in [6.07, 6.45) is 0.615. The number of hydrogen-bond donors (Lipinski definition) is 0. The first-order chi connectivity index (χ1) is 7.59. The molecule has 0 radical (unpaired) electrons. The maximum atomic E-state index is 11.1. The molecular formula is C14H17NO. The Balaban J connectivity index is 2.45. The molecule has 0 aliphatic heterocycles. The fourth-order valence-electron chi connectivity index (χ4n) is 2.32. The van der Waals surface area contributed by atoms with E-state index in [1.165, 1.54) is 16.6 Å². The lowest BCUT2D eigenvalue weighted by molar-refractivity contribution is -0.117. The highest BCUT2D eigenvalue weighted by Gasteiger charge is 2.13. The summed E-state index contributed by atoms with van der Waals surface area (Å²) >= 11 is 0. The number of Topliss-reactive ketones (excluding diaryl/α,β-unsaturated/α-hetero) is 1. The van der Waals surface area contributed by atoms with E-state index in [0.29, 0.717) is 6.42 Å². The lowest BCUT2D eigenvalue weighted by Crippen LogP contribution is -2.05. The van der Waals surface area contributed by atoms with Gasteiger partial charge in [-0.1, -0.05) is 25.1 Å². The first-order valence-electron chi connectivity index (χ1n) is 5.63. The van der Waals surface area contributed by atoms with Crippen LogP contribution in [0.2, 0.25) is 0 Å². The van der Waals surface area contributed by atoms with Crippen molar-refractivity contribution in [1.82, 2.24) is 4.57 Å². The van der Waals surface area contributed by atoms with Crippen LogP contribution in [-0.2, 0) is 11.8 Å². The normalized spacial score (nSPS) is 12.9. The highest BCUT2D eigenvalue weighted by Crippen LogP contribution is 2.26. The van der Waals surface area contributed by atoms with Gasteiger partial charge in [0.2, 0.25) is 0 Å². The summed E-state index contributed by atoms with van der Waals surface area (Å²) in [6.45, 7) is 3.76. The standard InChI is InChI=1S/C14H17NO/c1-10(8-11(2)16)14-9-12-6-4-5-7-13(12)15(14)3/h4-7,9-10H,8H2,1-3H3/t10-/m1/s1. The van der Waals surface area contributed by atoms with Crippen molar-refractivity contribution in [2.24, 2.45) is 7.05 Å². The van der Waals surface area contributed by atoms with Crippen molar-refractivity contribution in [2.75, 3.05) is 0 Å². The number of hydrogen-bond acceptors (Lipinski definition) is 1. The summed E-state index contributed by atoms with van der Waals surface area (Å²) in [7, 11) is 2.06. The zero-order chi connectivity index (χ0) is 11.7. The second kappa shape index (κ2) is 4.12. The van der Waals surface area contributed by atoms with E-state index in [0.717, 1.165) is 0 Å². The quantitative estimate of drug-likeness (QED) is 0.770. The summed E-state index contributed by atoms with van der Waals surface area (Å²) < 4.78 is 2.18. The molecule has 0 aliphatic carbocycles. The Morgan fingerprint density at radius 2 is 2.06 bits per heavy atom. The van der Waals surface area contributed by atoms with Crippen molar-refractivity contribution < 1.29 is 4.79 Å². The molecule has 0 unspecified atom stereocenters. The number of fused-ring (bicyclic) bond motifs is 1. The molecule has 0 N–H and O–H groups in total. The van der Waals surface area contributed by atoms with Gasteiger partial charge in [-0.2, -0.15) is 0 Å². The molecule has 1 atom stereocenters. The summed E-state index contributed by atoms with van der Waals surface area (Å²) in [6, 6.07) is 10.5. The van der Waals surface area contributed by atoms with Gasteiger partial charge < -0.3 is 9.36 Å². The molecule has 1 aromatic carbocycles. The van der Waals surface area contributed by atoms with Crippen molar-refractivity contribution >= 4 is 16.7 Å². The molecular weight excluding hydrogens is 198 g/mol. The van der Waals surface area contributed by atoms with Crippen LogP contribution in [0.4, 0.5) is 0 Å². The first-order valence-corrected chi connectivity index (χ1v) is 5.63. The van der Waals surface area contributed by atoms with Crippen LogP contribution in [0, 0.1) is 0 Å². The molecule has 0 saturated heterocycles. The topological polar surface area (TPSA) is 22.0 Å². The number of para-hydroxylation sites is 1. The highest BCUT2D eigenvalue weighted by atomic mass is 16.1. The van der Waals surface area contributed by atoms with Crippen LogP contribution < -0.4 is 0 Å². The molecule has 16 heavy (non-hydrogen) atoms. The second-order valence-corrected chi connectivity index (χ2v) is 4.49. The third kappa shape index (κ3) is 1.87. The third-order valence-corrected chi connectivity index (χ3v) is 3.09. The predicted molar refractivity (Wildman–Crippen MR) is 66.6 cm³/mol. The van der Waals surface area contributed by atoms with Crippen LogP contribution >= 0.6 is 0 Å². The van der Waals surface area contributed by atoms with Gasteiger partial charge in [0.1, 0.15) is 5.78 Å². The lowest BCUT2D eigenvalue weighted by Gasteiger charge is -2.11. The van der Waals surface area contributed by atoms with E-state index in [1.807, 2.05) is 12.1 Å². The van der Waals surface area contributed by atoms with Gasteiger partial charge in [0.05, 0.1) is 0 Å². The highest BCUT2D eigenvalue weighted by molar-refractivity contribution is 5.82.